The van der Waals surface area contributed by atoms with E-state index in [1.165, 1.54) is 12.8 Å². The molecule has 0 spiro atoms. The molecule has 1 aromatic heterocycles. The summed E-state index contributed by atoms with van der Waals surface area (Å²) >= 11 is 0. The molecule has 1 aromatic rings. The first-order valence-corrected chi connectivity index (χ1v) is 6.67. The molecule has 0 radical (unpaired) electrons. The lowest BCUT2D eigenvalue weighted by atomic mass is 10.2. The SMILES string of the molecule is COCCN(CC1CCCN1)c1ncc(OC)cn1. The zero-order valence-corrected chi connectivity index (χ0v) is 11.6. The second kappa shape index (κ2) is 7.25. The summed E-state index contributed by atoms with van der Waals surface area (Å²) in [6.45, 7) is 3.48. The van der Waals surface area contributed by atoms with E-state index in [4.69, 9.17) is 9.47 Å². The maximum absolute atomic E-state index is 5.16. The van der Waals surface area contributed by atoms with Crippen molar-refractivity contribution in [3.05, 3.63) is 12.4 Å². The van der Waals surface area contributed by atoms with Gasteiger partial charge >= 0.3 is 0 Å². The highest BCUT2D eigenvalue weighted by Gasteiger charge is 2.19. The van der Waals surface area contributed by atoms with Gasteiger partial charge in [0.15, 0.2) is 5.75 Å². The molecule has 1 fully saturated rings. The number of nitrogens with zero attached hydrogens (tertiary/aromatic N) is 3. The lowest BCUT2D eigenvalue weighted by Crippen LogP contribution is -2.40. The molecule has 0 bridgehead atoms. The predicted molar refractivity (Wildman–Crippen MR) is 73.7 cm³/mol. The first-order chi connectivity index (χ1) is 9.33. The quantitative estimate of drug-likeness (QED) is 0.783. The van der Waals surface area contributed by atoms with Crippen LogP contribution in [-0.2, 0) is 4.74 Å². The van der Waals surface area contributed by atoms with Crippen LogP contribution in [0.15, 0.2) is 12.4 Å². The van der Waals surface area contributed by atoms with Gasteiger partial charge in [0, 0.05) is 26.2 Å². The summed E-state index contributed by atoms with van der Waals surface area (Å²) in [5.41, 5.74) is 0. The Morgan fingerprint density at radius 2 is 2.16 bits per heavy atom. The molecule has 19 heavy (non-hydrogen) atoms. The maximum Gasteiger partial charge on any atom is 0.225 e. The van der Waals surface area contributed by atoms with Crippen LogP contribution in [0.25, 0.3) is 0 Å². The Morgan fingerprint density at radius 3 is 2.74 bits per heavy atom. The van der Waals surface area contributed by atoms with E-state index in [0.29, 0.717) is 18.4 Å². The third kappa shape index (κ3) is 4.04. The van der Waals surface area contributed by atoms with Crippen LogP contribution < -0.4 is 15.0 Å². The molecule has 1 saturated heterocycles. The molecule has 1 atom stereocenters. The number of nitrogens with one attached hydrogen (secondary N) is 1. The van der Waals surface area contributed by atoms with Gasteiger partial charge in [-0.1, -0.05) is 0 Å². The van der Waals surface area contributed by atoms with Gasteiger partial charge in [0.1, 0.15) is 0 Å². The molecule has 6 nitrogen and oxygen atoms in total. The fourth-order valence-corrected chi connectivity index (χ4v) is 2.23. The van der Waals surface area contributed by atoms with Crippen molar-refractivity contribution in [3.8, 4) is 5.75 Å². The molecule has 1 N–H and O–H groups in total. The molecule has 0 aliphatic carbocycles. The summed E-state index contributed by atoms with van der Waals surface area (Å²) in [6, 6.07) is 0.516. The number of hydrogen-bond donors (Lipinski definition) is 1. The minimum absolute atomic E-state index is 0.516. The van der Waals surface area contributed by atoms with E-state index in [-0.39, 0.29) is 0 Å². The van der Waals surface area contributed by atoms with Crippen LogP contribution >= 0.6 is 0 Å². The van der Waals surface area contributed by atoms with Crippen LogP contribution in [0, 0.1) is 0 Å². The van der Waals surface area contributed by atoms with Crippen LogP contribution in [0.1, 0.15) is 12.8 Å². The lowest BCUT2D eigenvalue weighted by Gasteiger charge is -2.25. The van der Waals surface area contributed by atoms with Gasteiger partial charge in [-0.15, -0.1) is 0 Å². The molecule has 106 valence electrons. The summed E-state index contributed by atoms with van der Waals surface area (Å²) in [4.78, 5) is 10.9. The smallest absolute Gasteiger partial charge is 0.225 e. The number of anilines is 1. The largest absolute Gasteiger partial charge is 0.494 e. The van der Waals surface area contributed by atoms with Crippen molar-refractivity contribution in [2.75, 3.05) is 45.4 Å². The van der Waals surface area contributed by atoms with Crippen molar-refractivity contribution < 1.29 is 9.47 Å². The highest BCUT2D eigenvalue weighted by molar-refractivity contribution is 5.31. The Bertz CT molecular complexity index is 365. The van der Waals surface area contributed by atoms with Crippen LogP contribution in [0.2, 0.25) is 0 Å². The fourth-order valence-electron chi connectivity index (χ4n) is 2.23. The fraction of sp³-hybridized carbons (Fsp3) is 0.692. The van der Waals surface area contributed by atoms with E-state index in [1.807, 2.05) is 0 Å². The van der Waals surface area contributed by atoms with E-state index in [1.54, 1.807) is 26.6 Å². The van der Waals surface area contributed by atoms with E-state index in [2.05, 4.69) is 20.2 Å². The van der Waals surface area contributed by atoms with Gasteiger partial charge in [-0.3, -0.25) is 0 Å². The van der Waals surface area contributed by atoms with E-state index >= 15 is 0 Å². The molecule has 1 aliphatic rings. The normalized spacial score (nSPS) is 18.5. The number of hydrogen-bond acceptors (Lipinski definition) is 6. The zero-order valence-electron chi connectivity index (χ0n) is 11.6. The summed E-state index contributed by atoms with van der Waals surface area (Å²) in [5.74, 6) is 1.40. The van der Waals surface area contributed by atoms with Crippen molar-refractivity contribution in [1.29, 1.82) is 0 Å². The van der Waals surface area contributed by atoms with Crippen molar-refractivity contribution in [1.82, 2.24) is 15.3 Å². The number of aromatic nitrogens is 2. The topological polar surface area (TPSA) is 59.5 Å². The maximum atomic E-state index is 5.16. The minimum atomic E-state index is 0.516. The molecule has 2 heterocycles. The molecule has 0 saturated carbocycles. The Balaban J connectivity index is 2.01. The second-order valence-corrected chi connectivity index (χ2v) is 4.65. The van der Waals surface area contributed by atoms with E-state index in [9.17, 15) is 0 Å². The average Bonchev–Trinajstić information content (AvgIpc) is 2.96. The van der Waals surface area contributed by atoms with Crippen LogP contribution in [-0.4, -0.2) is 56.5 Å². The first kappa shape index (κ1) is 14.0. The van der Waals surface area contributed by atoms with Crippen molar-refractivity contribution in [3.63, 3.8) is 0 Å². The van der Waals surface area contributed by atoms with Crippen LogP contribution in [0.3, 0.4) is 0 Å². The first-order valence-electron chi connectivity index (χ1n) is 6.67. The van der Waals surface area contributed by atoms with Gasteiger partial charge in [0.25, 0.3) is 0 Å². The molecular weight excluding hydrogens is 244 g/mol. The molecule has 1 aliphatic heterocycles. The molecule has 0 aromatic carbocycles. The predicted octanol–water partition coefficient (Wildman–Crippen LogP) is 0.690. The van der Waals surface area contributed by atoms with Crippen LogP contribution in [0.5, 0.6) is 5.75 Å². The van der Waals surface area contributed by atoms with Gasteiger partial charge in [-0.25, -0.2) is 9.97 Å². The number of methoxy groups -OCH3 is 2. The van der Waals surface area contributed by atoms with Crippen molar-refractivity contribution in [2.45, 2.75) is 18.9 Å². The summed E-state index contributed by atoms with van der Waals surface area (Å²) in [6.07, 6.45) is 5.85. The Hall–Kier alpha value is -1.40. The second-order valence-electron chi connectivity index (χ2n) is 4.65. The molecular formula is C13H22N4O2. The molecule has 0 amide bonds. The monoisotopic (exact) mass is 266 g/mol. The third-order valence-corrected chi connectivity index (χ3v) is 3.30. The van der Waals surface area contributed by atoms with Crippen molar-refractivity contribution in [2.24, 2.45) is 0 Å². The highest BCUT2D eigenvalue weighted by Crippen LogP contribution is 2.14. The zero-order chi connectivity index (χ0) is 13.5. The highest BCUT2D eigenvalue weighted by atomic mass is 16.5. The minimum Gasteiger partial charge on any atom is -0.494 e. The third-order valence-electron chi connectivity index (χ3n) is 3.30. The molecule has 6 heteroatoms. The van der Waals surface area contributed by atoms with Crippen molar-refractivity contribution >= 4 is 5.95 Å². The number of rotatable bonds is 7. The average molecular weight is 266 g/mol. The Kier molecular flexibility index (Phi) is 5.35. The molecule has 1 unspecified atom stereocenters. The van der Waals surface area contributed by atoms with Gasteiger partial charge in [0.05, 0.1) is 26.1 Å². The standard InChI is InChI=1S/C13H22N4O2/c1-18-7-6-17(10-11-4-3-5-14-11)13-15-8-12(19-2)9-16-13/h8-9,11,14H,3-7,10H2,1-2H3. The van der Waals surface area contributed by atoms with Gasteiger partial charge in [0.2, 0.25) is 5.95 Å². The van der Waals surface area contributed by atoms with Gasteiger partial charge < -0.3 is 19.7 Å². The summed E-state index contributed by atoms with van der Waals surface area (Å²) < 4.78 is 10.2. The van der Waals surface area contributed by atoms with E-state index in [0.717, 1.165) is 25.6 Å². The van der Waals surface area contributed by atoms with Gasteiger partial charge in [-0.2, -0.15) is 0 Å². The Morgan fingerprint density at radius 1 is 1.37 bits per heavy atom. The lowest BCUT2D eigenvalue weighted by molar-refractivity contribution is 0.204. The Labute approximate surface area is 114 Å². The van der Waals surface area contributed by atoms with E-state index < -0.39 is 0 Å². The van der Waals surface area contributed by atoms with Gasteiger partial charge in [-0.05, 0) is 19.4 Å². The summed E-state index contributed by atoms with van der Waals surface area (Å²) in [5, 5.41) is 3.49. The summed E-state index contributed by atoms with van der Waals surface area (Å²) in [7, 11) is 3.32. The number of ether oxygens (including phenoxy) is 2. The molecule has 2 rings (SSSR count). The van der Waals surface area contributed by atoms with Crippen LogP contribution in [0.4, 0.5) is 5.95 Å².